The highest BCUT2D eigenvalue weighted by atomic mass is 32.9. The monoisotopic (exact) mass is 441 g/mol. The molecule has 0 fully saturated rings. The van der Waals surface area contributed by atoms with Gasteiger partial charge in [0.25, 0.3) is 0 Å². The number of ether oxygens (including phenoxy) is 1. The Kier molecular flexibility index (Phi) is 5.36. The van der Waals surface area contributed by atoms with Gasteiger partial charge in [0.15, 0.2) is 0 Å². The van der Waals surface area contributed by atoms with E-state index in [1.165, 1.54) is 0 Å². The van der Waals surface area contributed by atoms with Gasteiger partial charge in [0, 0.05) is 11.1 Å². The molecule has 3 nitrogen and oxygen atoms in total. The molecule has 150 valence electrons. The van der Waals surface area contributed by atoms with Crippen molar-refractivity contribution in [2.75, 3.05) is 12.0 Å². The van der Waals surface area contributed by atoms with Gasteiger partial charge in [0.2, 0.25) is 5.91 Å². The van der Waals surface area contributed by atoms with Gasteiger partial charge in [-0.05, 0) is 44.0 Å². The molecule has 0 bridgehead atoms. The first-order valence-electron chi connectivity index (χ1n) is 9.61. The molecular weight excluding hydrogens is 418 g/mol. The van der Waals surface area contributed by atoms with Gasteiger partial charge in [-0.25, -0.2) is 0 Å². The van der Waals surface area contributed by atoms with Crippen LogP contribution in [0.2, 0.25) is 0 Å². The lowest BCUT2D eigenvalue weighted by atomic mass is 9.84. The second-order valence-electron chi connectivity index (χ2n) is 7.65. The fraction of sp³-hybridized carbons (Fsp3) is 0.304. The van der Waals surface area contributed by atoms with Gasteiger partial charge in [-0.3, -0.25) is 4.79 Å². The summed E-state index contributed by atoms with van der Waals surface area (Å²) in [7, 11) is 4.93. The number of benzene rings is 2. The third kappa shape index (κ3) is 3.23. The van der Waals surface area contributed by atoms with Gasteiger partial charge in [0.1, 0.15) is 9.57 Å². The van der Waals surface area contributed by atoms with E-state index in [4.69, 9.17) is 17.0 Å². The Morgan fingerprint density at radius 3 is 2.55 bits per heavy atom. The van der Waals surface area contributed by atoms with Crippen molar-refractivity contribution in [2.45, 2.75) is 38.6 Å². The van der Waals surface area contributed by atoms with Crippen molar-refractivity contribution in [3.05, 3.63) is 62.8 Å². The molecule has 0 spiro atoms. The molecule has 0 radical (unpaired) electrons. The molecule has 0 saturated heterocycles. The number of fused-ring (bicyclic) bond motifs is 3. The first-order chi connectivity index (χ1) is 13.9. The van der Waals surface area contributed by atoms with Crippen LogP contribution < -0.4 is 9.64 Å². The van der Waals surface area contributed by atoms with Crippen LogP contribution in [0.25, 0.3) is 11.1 Å². The Morgan fingerprint density at radius 2 is 1.90 bits per heavy atom. The molecule has 6 heteroatoms. The number of carbonyl (C=O) groups excluding carboxylic acids is 1. The first kappa shape index (κ1) is 20.3. The lowest BCUT2D eigenvalue weighted by molar-refractivity contribution is -0.121. The van der Waals surface area contributed by atoms with E-state index in [2.05, 4.69) is 20.8 Å². The average Bonchev–Trinajstić information content (AvgIpc) is 3.12. The quantitative estimate of drug-likeness (QED) is 0.323. The van der Waals surface area contributed by atoms with Gasteiger partial charge in [-0.2, -0.15) is 0 Å². The number of carbonyl (C=O) groups is 1. The Balaban J connectivity index is 1.92. The van der Waals surface area contributed by atoms with Crippen molar-refractivity contribution in [1.29, 1.82) is 0 Å². The van der Waals surface area contributed by atoms with E-state index in [0.29, 0.717) is 0 Å². The summed E-state index contributed by atoms with van der Waals surface area (Å²) in [6.07, 6.45) is 0.743. The Bertz CT molecular complexity index is 1110. The SMILES string of the molecule is CCC(C(=O)N1c2ccc(OC)cc2-c2c(ssc2=S)C1(C)C)c1ccccc1. The maximum atomic E-state index is 14.0. The normalized spacial score (nSPS) is 15.4. The third-order valence-electron chi connectivity index (χ3n) is 5.59. The molecule has 0 N–H and O–H groups in total. The van der Waals surface area contributed by atoms with Gasteiger partial charge < -0.3 is 9.64 Å². The number of methoxy groups -OCH3 is 1. The maximum Gasteiger partial charge on any atom is 0.235 e. The molecule has 2 heterocycles. The lowest BCUT2D eigenvalue weighted by Gasteiger charge is -2.44. The van der Waals surface area contributed by atoms with Crippen molar-refractivity contribution in [3.8, 4) is 16.9 Å². The molecule has 1 aromatic heterocycles. The van der Waals surface area contributed by atoms with Gasteiger partial charge in [0.05, 0.1) is 29.1 Å². The molecular formula is C23H23NO2S3. The van der Waals surface area contributed by atoms with Crippen LogP contribution in [0.1, 0.15) is 43.6 Å². The van der Waals surface area contributed by atoms with Crippen molar-refractivity contribution in [1.82, 2.24) is 0 Å². The van der Waals surface area contributed by atoms with Crippen molar-refractivity contribution >= 4 is 44.5 Å². The average molecular weight is 442 g/mol. The third-order valence-corrected chi connectivity index (χ3v) is 8.92. The molecule has 1 aliphatic heterocycles. The van der Waals surface area contributed by atoms with Gasteiger partial charge in [-0.15, -0.1) is 0 Å². The molecule has 2 aromatic carbocycles. The summed E-state index contributed by atoms with van der Waals surface area (Å²) < 4.78 is 6.34. The van der Waals surface area contributed by atoms with Gasteiger partial charge in [-0.1, -0.05) is 70.2 Å². The van der Waals surface area contributed by atoms with Gasteiger partial charge >= 0.3 is 0 Å². The molecule has 1 unspecified atom stereocenters. The zero-order chi connectivity index (χ0) is 20.8. The molecule has 1 amide bonds. The van der Waals surface area contributed by atoms with E-state index < -0.39 is 5.54 Å². The summed E-state index contributed by atoms with van der Waals surface area (Å²) in [5, 5.41) is 0. The molecule has 1 atom stereocenters. The number of hydrogen-bond acceptors (Lipinski definition) is 5. The zero-order valence-corrected chi connectivity index (χ0v) is 19.3. The van der Waals surface area contributed by atoms with Crippen LogP contribution in [0.3, 0.4) is 0 Å². The minimum atomic E-state index is -0.478. The predicted molar refractivity (Wildman–Crippen MR) is 125 cm³/mol. The molecule has 0 saturated carbocycles. The first-order valence-corrected chi connectivity index (χ1v) is 12.2. The largest absolute Gasteiger partial charge is 0.497 e. The highest BCUT2D eigenvalue weighted by Gasteiger charge is 2.44. The van der Waals surface area contributed by atoms with Crippen molar-refractivity contribution in [3.63, 3.8) is 0 Å². The van der Waals surface area contributed by atoms with E-state index in [1.54, 1.807) is 27.8 Å². The second kappa shape index (κ2) is 7.67. The zero-order valence-electron chi connectivity index (χ0n) is 16.9. The summed E-state index contributed by atoms with van der Waals surface area (Å²) in [6, 6.07) is 16.0. The minimum absolute atomic E-state index is 0.116. The maximum absolute atomic E-state index is 14.0. The van der Waals surface area contributed by atoms with E-state index in [-0.39, 0.29) is 11.8 Å². The molecule has 0 aliphatic carbocycles. The van der Waals surface area contributed by atoms with Crippen molar-refractivity contribution < 1.29 is 9.53 Å². The van der Waals surface area contributed by atoms with E-state index in [0.717, 1.165) is 43.2 Å². The highest BCUT2D eigenvalue weighted by Crippen LogP contribution is 2.53. The topological polar surface area (TPSA) is 29.5 Å². The second-order valence-corrected chi connectivity index (χ2v) is 10.5. The van der Waals surface area contributed by atoms with E-state index >= 15 is 0 Å². The molecule has 1 aliphatic rings. The van der Waals surface area contributed by atoms with Crippen LogP contribution in [0.4, 0.5) is 5.69 Å². The summed E-state index contributed by atoms with van der Waals surface area (Å²) in [5.74, 6) is 0.686. The molecule has 4 rings (SSSR count). The Hall–Kier alpha value is -2.02. The number of rotatable bonds is 4. The Morgan fingerprint density at radius 1 is 1.17 bits per heavy atom. The fourth-order valence-electron chi connectivity index (χ4n) is 4.12. The lowest BCUT2D eigenvalue weighted by Crippen LogP contribution is -2.49. The smallest absolute Gasteiger partial charge is 0.235 e. The van der Waals surface area contributed by atoms with Crippen LogP contribution in [0.15, 0.2) is 48.5 Å². The van der Waals surface area contributed by atoms with Crippen molar-refractivity contribution in [2.24, 2.45) is 0 Å². The van der Waals surface area contributed by atoms with Crippen LogP contribution in [0.5, 0.6) is 5.75 Å². The summed E-state index contributed by atoms with van der Waals surface area (Å²) in [5.41, 5.74) is 3.53. The van der Waals surface area contributed by atoms with Crippen LogP contribution in [-0.4, -0.2) is 13.0 Å². The van der Waals surface area contributed by atoms with Crippen LogP contribution in [-0.2, 0) is 10.3 Å². The summed E-state index contributed by atoms with van der Waals surface area (Å²) >= 11 is 5.67. The van der Waals surface area contributed by atoms with E-state index in [1.807, 2.05) is 53.4 Å². The Labute approximate surface area is 184 Å². The standard InChI is InChI=1S/C23H23NO2S3/c1-5-16(14-9-7-6-8-10-14)21(25)24-18-12-11-15(26-4)13-17(18)19-20(23(24,2)3)28-29-22(19)27/h6-13,16H,5H2,1-4H3. The number of nitrogens with zero attached hydrogens (tertiary/aromatic N) is 1. The number of amides is 1. The molecule has 3 aromatic rings. The minimum Gasteiger partial charge on any atom is -0.497 e. The van der Waals surface area contributed by atoms with E-state index in [9.17, 15) is 4.79 Å². The number of anilines is 1. The summed E-state index contributed by atoms with van der Waals surface area (Å²) in [6.45, 7) is 6.31. The van der Waals surface area contributed by atoms with Crippen LogP contribution >= 0.6 is 32.9 Å². The highest BCUT2D eigenvalue weighted by molar-refractivity contribution is 7.80. The predicted octanol–water partition coefficient (Wildman–Crippen LogP) is 6.99. The number of hydrogen-bond donors (Lipinski definition) is 0. The summed E-state index contributed by atoms with van der Waals surface area (Å²) in [4.78, 5) is 17.1. The fourth-order valence-corrected chi connectivity index (χ4v) is 7.41. The molecule has 29 heavy (non-hydrogen) atoms. The van der Waals surface area contributed by atoms with Crippen LogP contribution in [0, 0.1) is 3.82 Å².